The lowest BCUT2D eigenvalue weighted by Gasteiger charge is -2.01. The molecule has 15 heavy (non-hydrogen) atoms. The minimum Gasteiger partial charge on any atom is -0.448 e. The number of rotatable bonds is 3. The van der Waals surface area contributed by atoms with Crippen molar-refractivity contribution in [2.24, 2.45) is 0 Å². The Morgan fingerprint density at radius 1 is 1.13 bits per heavy atom. The summed E-state index contributed by atoms with van der Waals surface area (Å²) in [7, 11) is 0. The molecule has 0 aromatic heterocycles. The molecule has 0 heterocycles. The van der Waals surface area contributed by atoms with E-state index in [1.165, 1.54) is 0 Å². The van der Waals surface area contributed by atoms with Crippen LogP contribution in [0.5, 0.6) is 11.5 Å². The van der Waals surface area contributed by atoms with Crippen molar-refractivity contribution < 1.29 is 4.74 Å². The smallest absolute Gasteiger partial charge is 0.177 e. The molecule has 0 aliphatic carbocycles. The molecular formula is C14H10O. The van der Waals surface area contributed by atoms with Crippen LogP contribution in [0.2, 0.25) is 0 Å². The molecule has 0 N–H and O–H groups in total. The summed E-state index contributed by atoms with van der Waals surface area (Å²) < 4.78 is 5.54. The lowest BCUT2D eigenvalue weighted by atomic mass is 10.2. The molecule has 0 unspecified atom stereocenters. The fourth-order valence-electron chi connectivity index (χ4n) is 1.19. The maximum absolute atomic E-state index is 5.54. The largest absolute Gasteiger partial charge is 0.448 e. The van der Waals surface area contributed by atoms with Crippen molar-refractivity contribution in [1.29, 1.82) is 0 Å². The van der Waals surface area contributed by atoms with Gasteiger partial charge in [-0.3, -0.25) is 0 Å². The zero-order chi connectivity index (χ0) is 10.5. The quantitative estimate of drug-likeness (QED) is 0.728. The molecule has 1 heteroatoms. The number of aryl methyl sites for hydroxylation is 1. The third-order valence-electron chi connectivity index (χ3n) is 2.02. The van der Waals surface area contributed by atoms with Crippen LogP contribution >= 0.6 is 0 Å². The van der Waals surface area contributed by atoms with E-state index in [-0.39, 0.29) is 0 Å². The highest BCUT2D eigenvalue weighted by atomic mass is 16.5. The van der Waals surface area contributed by atoms with Gasteiger partial charge < -0.3 is 4.74 Å². The van der Waals surface area contributed by atoms with Gasteiger partial charge in [-0.05, 0) is 36.8 Å². The van der Waals surface area contributed by atoms with Crippen LogP contribution in [0.3, 0.4) is 0 Å². The van der Waals surface area contributed by atoms with Gasteiger partial charge in [0.15, 0.2) is 5.75 Å². The molecule has 72 valence electrons. The van der Waals surface area contributed by atoms with Gasteiger partial charge in [-0.2, -0.15) is 0 Å². The summed E-state index contributed by atoms with van der Waals surface area (Å²) >= 11 is 0. The lowest BCUT2D eigenvalue weighted by molar-refractivity contribution is 0.483. The Morgan fingerprint density at radius 2 is 2.07 bits per heavy atom. The maximum Gasteiger partial charge on any atom is 0.177 e. The van der Waals surface area contributed by atoms with Gasteiger partial charge in [-0.25, -0.2) is 0 Å². The van der Waals surface area contributed by atoms with Gasteiger partial charge in [0, 0.05) is 11.6 Å². The minimum atomic E-state index is 0.673. The van der Waals surface area contributed by atoms with Crippen molar-refractivity contribution in [2.45, 2.75) is 13.3 Å². The van der Waals surface area contributed by atoms with Crippen LogP contribution in [0, 0.1) is 24.3 Å². The topological polar surface area (TPSA) is 9.23 Å². The van der Waals surface area contributed by atoms with Crippen LogP contribution in [0.1, 0.15) is 12.5 Å². The average molecular weight is 194 g/mol. The van der Waals surface area contributed by atoms with Crippen molar-refractivity contribution in [1.82, 2.24) is 0 Å². The fourth-order valence-corrected chi connectivity index (χ4v) is 1.19. The van der Waals surface area contributed by atoms with Gasteiger partial charge in [0.1, 0.15) is 5.75 Å². The molecule has 0 atom stereocenters. The van der Waals surface area contributed by atoms with Gasteiger partial charge in [0.2, 0.25) is 0 Å². The first-order valence-electron chi connectivity index (χ1n) is 4.87. The molecule has 0 fully saturated rings. The van der Waals surface area contributed by atoms with E-state index in [1.54, 1.807) is 12.1 Å². The second-order valence-corrected chi connectivity index (χ2v) is 3.10. The first-order valence-corrected chi connectivity index (χ1v) is 4.87. The van der Waals surface area contributed by atoms with Crippen LogP contribution < -0.4 is 4.74 Å². The summed E-state index contributed by atoms with van der Waals surface area (Å²) in [5, 5.41) is 0. The van der Waals surface area contributed by atoms with E-state index >= 15 is 0 Å². The Hall–Kier alpha value is -2.12. The normalized spacial score (nSPS) is 8.87. The molecule has 0 aliphatic heterocycles. The zero-order valence-corrected chi connectivity index (χ0v) is 8.50. The van der Waals surface area contributed by atoms with Gasteiger partial charge in [-0.15, -0.1) is 0 Å². The highest BCUT2D eigenvalue weighted by Gasteiger charge is 1.94. The molecule has 1 nitrogen and oxygen atoms in total. The highest BCUT2D eigenvalue weighted by Crippen LogP contribution is 2.17. The summed E-state index contributed by atoms with van der Waals surface area (Å²) in [6.45, 7) is 2.09. The van der Waals surface area contributed by atoms with Crippen LogP contribution in [-0.2, 0) is 6.42 Å². The van der Waals surface area contributed by atoms with E-state index in [0.29, 0.717) is 5.75 Å². The maximum atomic E-state index is 5.54. The summed E-state index contributed by atoms with van der Waals surface area (Å²) in [6, 6.07) is 20.9. The molecule has 0 radical (unpaired) electrons. The van der Waals surface area contributed by atoms with Gasteiger partial charge in [-0.1, -0.05) is 25.1 Å². The van der Waals surface area contributed by atoms with Crippen molar-refractivity contribution >= 4 is 0 Å². The first-order chi connectivity index (χ1) is 7.38. The monoisotopic (exact) mass is 194 g/mol. The SMILES string of the molecule is CCc1c#cc(Oc2cc#ccc2)cc1. The highest BCUT2D eigenvalue weighted by molar-refractivity contribution is 5.27. The summed E-state index contributed by atoms with van der Waals surface area (Å²) in [5.74, 6) is 1.41. The first kappa shape index (κ1) is 9.44. The lowest BCUT2D eigenvalue weighted by Crippen LogP contribution is -1.82. The van der Waals surface area contributed by atoms with Crippen molar-refractivity contribution in [2.75, 3.05) is 0 Å². The summed E-state index contributed by atoms with van der Waals surface area (Å²) in [6.07, 6.45) is 0.963. The molecule has 2 aromatic rings. The number of ether oxygens (including phenoxy) is 1. The molecule has 0 aliphatic rings. The predicted octanol–water partition coefficient (Wildman–Crippen LogP) is 3.24. The second kappa shape index (κ2) is 4.40. The molecule has 0 spiro atoms. The Bertz CT molecular complexity index is 403. The Morgan fingerprint density at radius 3 is 2.67 bits per heavy atom. The van der Waals surface area contributed by atoms with Crippen molar-refractivity contribution in [3.05, 3.63) is 60.2 Å². The standard InChI is InChI=1S/C14H10O/c1-2-12-8-10-14(11-9-12)15-13-6-4-3-5-7-13/h4,6-8,10H,2H2,1H3. The van der Waals surface area contributed by atoms with Gasteiger partial charge >= 0.3 is 0 Å². The van der Waals surface area contributed by atoms with E-state index in [0.717, 1.165) is 17.7 Å². The molecule has 0 saturated carbocycles. The Labute approximate surface area is 90.3 Å². The molecule has 2 aromatic carbocycles. The van der Waals surface area contributed by atoms with Crippen LogP contribution in [0.4, 0.5) is 0 Å². The van der Waals surface area contributed by atoms with E-state index in [9.17, 15) is 0 Å². The average Bonchev–Trinajstić information content (AvgIpc) is 2.31. The van der Waals surface area contributed by atoms with Crippen molar-refractivity contribution in [3.63, 3.8) is 0 Å². The van der Waals surface area contributed by atoms with Crippen LogP contribution in [0.25, 0.3) is 0 Å². The van der Waals surface area contributed by atoms with E-state index < -0.39 is 0 Å². The summed E-state index contributed by atoms with van der Waals surface area (Å²) in [4.78, 5) is 0. The second-order valence-electron chi connectivity index (χ2n) is 3.10. The van der Waals surface area contributed by atoms with Crippen LogP contribution in [0.15, 0.2) is 30.3 Å². The summed E-state index contributed by atoms with van der Waals surface area (Å²) in [5.41, 5.74) is 1.13. The van der Waals surface area contributed by atoms with Gasteiger partial charge in [0.05, 0.1) is 0 Å². The molecule has 0 bridgehead atoms. The third kappa shape index (κ3) is 2.42. The zero-order valence-electron chi connectivity index (χ0n) is 8.50. The van der Waals surface area contributed by atoms with E-state index in [4.69, 9.17) is 4.74 Å². The molecule has 0 amide bonds. The fraction of sp³-hybridized carbons (Fsp3) is 0.143. The Kier molecular flexibility index (Phi) is 2.77. The van der Waals surface area contributed by atoms with Crippen molar-refractivity contribution in [3.8, 4) is 11.5 Å². The van der Waals surface area contributed by atoms with Crippen LogP contribution in [-0.4, -0.2) is 0 Å². The predicted molar refractivity (Wildman–Crippen MR) is 57.7 cm³/mol. The number of hydrogen-bond acceptors (Lipinski definition) is 1. The third-order valence-corrected chi connectivity index (χ3v) is 2.02. The van der Waals surface area contributed by atoms with E-state index in [1.807, 2.05) is 18.2 Å². The Balaban J connectivity index is 2.11. The minimum absolute atomic E-state index is 0.673. The molecule has 2 rings (SSSR count). The molecule has 0 saturated heterocycles. The van der Waals surface area contributed by atoms with Gasteiger partial charge in [0.25, 0.3) is 0 Å². The molecular weight excluding hydrogens is 184 g/mol. The van der Waals surface area contributed by atoms with E-state index in [2.05, 4.69) is 31.2 Å². The number of hydrogen-bond donors (Lipinski definition) is 0.